The van der Waals surface area contributed by atoms with Crippen LogP contribution in [-0.4, -0.2) is 17.0 Å². The van der Waals surface area contributed by atoms with E-state index in [9.17, 15) is 4.79 Å². The minimum Gasteiger partial charge on any atom is -0.350 e. The third-order valence-corrected chi connectivity index (χ3v) is 3.81. The van der Waals surface area contributed by atoms with Gasteiger partial charge in [0, 0.05) is 29.1 Å². The summed E-state index contributed by atoms with van der Waals surface area (Å²) in [6.45, 7) is 0.669. The van der Waals surface area contributed by atoms with E-state index in [1.54, 1.807) is 11.3 Å². The molecule has 2 heterocycles. The number of nitrogens with zero attached hydrogens (tertiary/aromatic N) is 1. The van der Waals surface area contributed by atoms with Gasteiger partial charge in [-0.1, -0.05) is 6.07 Å². The number of hydrogen-bond donors (Lipinski definition) is 1. The lowest BCUT2D eigenvalue weighted by Gasteiger charge is -2.04. The molecule has 2 aromatic heterocycles. The molecule has 90 valence electrons. The monoisotopic (exact) mass is 312 g/mol. The Kier molecular flexibility index (Phi) is 4.02. The van der Waals surface area contributed by atoms with Crippen LogP contribution in [0.15, 0.2) is 34.2 Å². The lowest BCUT2D eigenvalue weighted by Crippen LogP contribution is -2.27. The fourth-order valence-electron chi connectivity index (χ4n) is 1.59. The third-order valence-electron chi connectivity index (χ3n) is 2.44. The van der Waals surface area contributed by atoms with E-state index >= 15 is 0 Å². The Hall–Kier alpha value is -1.07. The number of aromatic nitrogens is 1. The molecule has 0 aliphatic rings. The van der Waals surface area contributed by atoms with Gasteiger partial charge in [0.25, 0.3) is 5.91 Å². The number of carbonyl (C=O) groups excluding carboxylic acids is 1. The van der Waals surface area contributed by atoms with E-state index < -0.39 is 0 Å². The van der Waals surface area contributed by atoms with Crippen LogP contribution in [0.3, 0.4) is 0 Å². The van der Waals surface area contributed by atoms with Crippen molar-refractivity contribution in [1.29, 1.82) is 0 Å². The van der Waals surface area contributed by atoms with Gasteiger partial charge in [0.1, 0.15) is 5.69 Å². The SMILES string of the molecule is Cn1cc(Br)cc1C(=O)NCCc1cccs1. The van der Waals surface area contributed by atoms with Gasteiger partial charge in [0.2, 0.25) is 0 Å². The van der Waals surface area contributed by atoms with Crippen molar-refractivity contribution in [1.82, 2.24) is 9.88 Å². The minimum atomic E-state index is -0.0326. The summed E-state index contributed by atoms with van der Waals surface area (Å²) in [6.07, 6.45) is 2.75. The molecule has 0 bridgehead atoms. The molecule has 0 unspecified atom stereocenters. The first-order valence-electron chi connectivity index (χ1n) is 5.29. The maximum atomic E-state index is 11.9. The molecule has 0 radical (unpaired) electrons. The second-order valence-corrected chi connectivity index (χ2v) is 5.69. The quantitative estimate of drug-likeness (QED) is 0.925. The van der Waals surface area contributed by atoms with Crippen molar-refractivity contribution in [3.05, 3.63) is 44.8 Å². The Bertz CT molecular complexity index is 505. The van der Waals surface area contributed by atoms with Crippen molar-refractivity contribution in [3.8, 4) is 0 Å². The summed E-state index contributed by atoms with van der Waals surface area (Å²) >= 11 is 5.07. The molecule has 5 heteroatoms. The number of halogens is 1. The lowest BCUT2D eigenvalue weighted by molar-refractivity contribution is 0.0946. The standard InChI is InChI=1S/C12H13BrN2OS/c1-15-8-9(13)7-11(15)12(16)14-5-4-10-3-2-6-17-10/h2-3,6-8H,4-5H2,1H3,(H,14,16). The van der Waals surface area contributed by atoms with Crippen LogP contribution >= 0.6 is 27.3 Å². The normalized spacial score (nSPS) is 10.5. The molecule has 1 amide bonds. The molecule has 0 aliphatic heterocycles. The van der Waals surface area contributed by atoms with Crippen molar-refractivity contribution >= 4 is 33.2 Å². The average molecular weight is 313 g/mol. The van der Waals surface area contributed by atoms with Crippen LogP contribution in [0.2, 0.25) is 0 Å². The summed E-state index contributed by atoms with van der Waals surface area (Å²) in [5.74, 6) is -0.0326. The minimum absolute atomic E-state index is 0.0326. The smallest absolute Gasteiger partial charge is 0.267 e. The van der Waals surface area contributed by atoms with Gasteiger partial charge in [-0.25, -0.2) is 0 Å². The molecule has 0 aliphatic carbocycles. The van der Waals surface area contributed by atoms with Crippen molar-refractivity contribution in [2.24, 2.45) is 7.05 Å². The largest absolute Gasteiger partial charge is 0.350 e. The highest BCUT2D eigenvalue weighted by atomic mass is 79.9. The molecule has 0 saturated heterocycles. The van der Waals surface area contributed by atoms with Crippen molar-refractivity contribution in [2.75, 3.05) is 6.54 Å². The zero-order valence-electron chi connectivity index (χ0n) is 9.44. The lowest BCUT2D eigenvalue weighted by atomic mass is 10.3. The number of aryl methyl sites for hydroxylation is 1. The van der Waals surface area contributed by atoms with E-state index in [0.29, 0.717) is 12.2 Å². The first-order valence-corrected chi connectivity index (χ1v) is 6.96. The highest BCUT2D eigenvalue weighted by Crippen LogP contribution is 2.13. The van der Waals surface area contributed by atoms with Crippen LogP contribution in [0.4, 0.5) is 0 Å². The second-order valence-electron chi connectivity index (χ2n) is 3.74. The van der Waals surface area contributed by atoms with E-state index in [-0.39, 0.29) is 5.91 Å². The molecule has 0 fully saturated rings. The maximum absolute atomic E-state index is 11.9. The number of carbonyl (C=O) groups is 1. The average Bonchev–Trinajstić information content (AvgIpc) is 2.88. The first-order chi connectivity index (χ1) is 8.16. The predicted octanol–water partition coefficient (Wildman–Crippen LogP) is 2.82. The van der Waals surface area contributed by atoms with Crippen LogP contribution in [0.5, 0.6) is 0 Å². The highest BCUT2D eigenvalue weighted by Gasteiger charge is 2.10. The number of hydrogen-bond acceptors (Lipinski definition) is 2. The van der Waals surface area contributed by atoms with Gasteiger partial charge in [0.05, 0.1) is 0 Å². The second kappa shape index (κ2) is 5.51. The van der Waals surface area contributed by atoms with Crippen LogP contribution in [0.25, 0.3) is 0 Å². The Balaban J connectivity index is 1.87. The summed E-state index contributed by atoms with van der Waals surface area (Å²) in [6, 6.07) is 5.92. The fourth-order valence-corrected chi connectivity index (χ4v) is 2.83. The van der Waals surface area contributed by atoms with E-state index in [0.717, 1.165) is 10.9 Å². The van der Waals surface area contributed by atoms with Crippen LogP contribution in [0, 0.1) is 0 Å². The summed E-state index contributed by atoms with van der Waals surface area (Å²) < 4.78 is 2.73. The molecule has 2 aromatic rings. The Morgan fingerprint density at radius 1 is 1.59 bits per heavy atom. The summed E-state index contributed by atoms with van der Waals surface area (Å²) in [7, 11) is 1.86. The van der Waals surface area contributed by atoms with E-state index in [2.05, 4.69) is 27.3 Å². The predicted molar refractivity (Wildman–Crippen MR) is 73.5 cm³/mol. The maximum Gasteiger partial charge on any atom is 0.267 e. The Labute approximate surface area is 113 Å². The molecular weight excluding hydrogens is 300 g/mol. The van der Waals surface area contributed by atoms with Gasteiger partial charge in [-0.3, -0.25) is 4.79 Å². The number of thiophene rings is 1. The van der Waals surface area contributed by atoms with Crippen LogP contribution < -0.4 is 5.32 Å². The van der Waals surface area contributed by atoms with Crippen molar-refractivity contribution < 1.29 is 4.79 Å². The summed E-state index contributed by atoms with van der Waals surface area (Å²) in [5, 5.41) is 4.96. The molecular formula is C12H13BrN2OS. The zero-order valence-corrected chi connectivity index (χ0v) is 11.8. The van der Waals surface area contributed by atoms with E-state index in [4.69, 9.17) is 0 Å². The van der Waals surface area contributed by atoms with Crippen molar-refractivity contribution in [3.63, 3.8) is 0 Å². The van der Waals surface area contributed by atoms with Gasteiger partial charge in [0.15, 0.2) is 0 Å². The van der Waals surface area contributed by atoms with Gasteiger partial charge >= 0.3 is 0 Å². The number of amides is 1. The fraction of sp³-hybridized carbons (Fsp3) is 0.250. The van der Waals surface area contributed by atoms with Gasteiger partial charge < -0.3 is 9.88 Å². The Morgan fingerprint density at radius 2 is 2.41 bits per heavy atom. The number of rotatable bonds is 4. The molecule has 0 saturated carbocycles. The molecule has 3 nitrogen and oxygen atoms in total. The van der Waals surface area contributed by atoms with Gasteiger partial charge in [-0.2, -0.15) is 0 Å². The highest BCUT2D eigenvalue weighted by molar-refractivity contribution is 9.10. The molecule has 0 atom stereocenters. The topological polar surface area (TPSA) is 34.0 Å². The molecule has 0 aromatic carbocycles. The molecule has 17 heavy (non-hydrogen) atoms. The Morgan fingerprint density at radius 3 is 3.00 bits per heavy atom. The number of nitrogens with one attached hydrogen (secondary N) is 1. The summed E-state index contributed by atoms with van der Waals surface area (Å²) in [5.41, 5.74) is 0.669. The van der Waals surface area contributed by atoms with Crippen LogP contribution in [-0.2, 0) is 13.5 Å². The van der Waals surface area contributed by atoms with Gasteiger partial charge in [-0.05, 0) is 39.9 Å². The van der Waals surface area contributed by atoms with Gasteiger partial charge in [-0.15, -0.1) is 11.3 Å². The molecule has 1 N–H and O–H groups in total. The molecule has 2 rings (SSSR count). The summed E-state index contributed by atoms with van der Waals surface area (Å²) in [4.78, 5) is 13.1. The molecule has 0 spiro atoms. The van der Waals surface area contributed by atoms with E-state index in [1.165, 1.54) is 4.88 Å². The van der Waals surface area contributed by atoms with Crippen LogP contribution in [0.1, 0.15) is 15.4 Å². The van der Waals surface area contributed by atoms with Crippen molar-refractivity contribution in [2.45, 2.75) is 6.42 Å². The first kappa shape index (κ1) is 12.4. The van der Waals surface area contributed by atoms with E-state index in [1.807, 2.05) is 35.3 Å². The zero-order chi connectivity index (χ0) is 12.3. The third kappa shape index (κ3) is 3.20.